The maximum Gasteiger partial charge on any atom is 0.306 e. The van der Waals surface area contributed by atoms with Crippen molar-refractivity contribution >= 4 is 17.9 Å². The van der Waals surface area contributed by atoms with Crippen molar-refractivity contribution < 1.29 is 28.6 Å². The van der Waals surface area contributed by atoms with Crippen LogP contribution in [0.2, 0.25) is 0 Å². The number of carbonyl (C=O) groups is 3. The third-order valence-corrected chi connectivity index (χ3v) is 14.2. The van der Waals surface area contributed by atoms with Gasteiger partial charge in [0.2, 0.25) is 0 Å². The van der Waals surface area contributed by atoms with Crippen molar-refractivity contribution in [1.29, 1.82) is 0 Å². The molecular formula is C73H124O6. The number of rotatable bonds is 60. The molecule has 0 bridgehead atoms. The fraction of sp³-hybridized carbons (Fsp3) is 0.712. The zero-order valence-corrected chi connectivity index (χ0v) is 51.9. The van der Waals surface area contributed by atoms with Crippen LogP contribution in [-0.4, -0.2) is 37.2 Å². The highest BCUT2D eigenvalue weighted by Crippen LogP contribution is 2.16. The Hall–Kier alpha value is -3.93. The van der Waals surface area contributed by atoms with Crippen molar-refractivity contribution in [3.05, 3.63) is 109 Å². The van der Waals surface area contributed by atoms with Crippen LogP contribution < -0.4 is 0 Å². The largest absolute Gasteiger partial charge is 0.462 e. The molecule has 0 radical (unpaired) electrons. The molecular weight excluding hydrogens is 973 g/mol. The Bertz CT molecular complexity index is 1590. The molecule has 79 heavy (non-hydrogen) atoms. The first-order valence-electron chi connectivity index (χ1n) is 33.4. The Morgan fingerprint density at radius 3 is 0.810 bits per heavy atom. The van der Waals surface area contributed by atoms with Crippen molar-refractivity contribution in [2.75, 3.05) is 13.2 Å². The summed E-state index contributed by atoms with van der Waals surface area (Å²) in [5.41, 5.74) is 0. The van der Waals surface area contributed by atoms with Crippen molar-refractivity contribution in [2.45, 2.75) is 322 Å². The Labute approximate surface area is 489 Å². The smallest absolute Gasteiger partial charge is 0.306 e. The second-order valence-corrected chi connectivity index (χ2v) is 22.0. The number of esters is 3. The van der Waals surface area contributed by atoms with Crippen LogP contribution in [0, 0.1) is 0 Å². The number of hydrogen-bond donors (Lipinski definition) is 0. The number of hydrogen-bond acceptors (Lipinski definition) is 6. The van der Waals surface area contributed by atoms with Gasteiger partial charge < -0.3 is 14.2 Å². The second kappa shape index (κ2) is 66.6. The lowest BCUT2D eigenvalue weighted by Crippen LogP contribution is -2.30. The van der Waals surface area contributed by atoms with E-state index in [1.807, 2.05) is 0 Å². The van der Waals surface area contributed by atoms with Crippen LogP contribution in [0.15, 0.2) is 109 Å². The van der Waals surface area contributed by atoms with E-state index in [0.717, 1.165) is 128 Å². The first kappa shape index (κ1) is 75.1. The summed E-state index contributed by atoms with van der Waals surface area (Å²) in [5.74, 6) is -0.900. The molecule has 0 spiro atoms. The fourth-order valence-electron chi connectivity index (χ4n) is 9.24. The summed E-state index contributed by atoms with van der Waals surface area (Å²) in [7, 11) is 0. The molecule has 1 unspecified atom stereocenters. The molecule has 0 fully saturated rings. The topological polar surface area (TPSA) is 78.9 Å². The standard InChI is InChI=1S/C73H124O6/c1-4-7-10-13-16-19-22-25-27-28-29-30-31-32-33-34-35-36-37-38-39-40-41-42-43-44-46-48-51-54-57-60-63-66-72(75)78-69-70(68-77-71(74)65-62-59-56-53-50-47-24-21-18-15-12-9-6-3)79-73(76)67-64-61-58-55-52-49-45-26-23-20-17-14-11-8-5-2/h7,10,16-17,19-21,24-27,29-30,32-33,35-36,45,70H,4-6,8-9,11-15,18,22-23,28,31,34,37-44,46-69H2,1-3H3/b10-7-,19-16-,20-17-,24-21-,27-25-,30-29-,33-32-,36-35-,45-26-. The van der Waals surface area contributed by atoms with Crippen molar-refractivity contribution in [2.24, 2.45) is 0 Å². The molecule has 0 saturated heterocycles. The van der Waals surface area contributed by atoms with Gasteiger partial charge in [0, 0.05) is 19.3 Å². The normalized spacial score (nSPS) is 12.8. The summed E-state index contributed by atoms with van der Waals surface area (Å²) in [6.45, 7) is 6.48. The van der Waals surface area contributed by atoms with Gasteiger partial charge >= 0.3 is 17.9 Å². The molecule has 0 aliphatic carbocycles. The lowest BCUT2D eigenvalue weighted by atomic mass is 10.0. The van der Waals surface area contributed by atoms with Crippen molar-refractivity contribution in [3.8, 4) is 0 Å². The van der Waals surface area contributed by atoms with Gasteiger partial charge in [-0.15, -0.1) is 0 Å². The maximum absolute atomic E-state index is 12.9. The van der Waals surface area contributed by atoms with Crippen LogP contribution in [-0.2, 0) is 28.6 Å². The Morgan fingerprint density at radius 2 is 0.494 bits per heavy atom. The number of unbranched alkanes of at least 4 members (excludes halogenated alkanes) is 31. The average molecular weight is 1100 g/mol. The first-order valence-corrected chi connectivity index (χ1v) is 33.4. The monoisotopic (exact) mass is 1100 g/mol. The van der Waals surface area contributed by atoms with Gasteiger partial charge in [-0.3, -0.25) is 14.4 Å². The van der Waals surface area contributed by atoms with Crippen molar-refractivity contribution in [1.82, 2.24) is 0 Å². The minimum Gasteiger partial charge on any atom is -0.462 e. The van der Waals surface area contributed by atoms with Crippen LogP contribution in [0.5, 0.6) is 0 Å². The van der Waals surface area contributed by atoms with E-state index in [1.165, 1.54) is 148 Å². The van der Waals surface area contributed by atoms with Gasteiger partial charge in [0.25, 0.3) is 0 Å². The molecule has 0 heterocycles. The number of allylic oxidation sites excluding steroid dienone is 18. The lowest BCUT2D eigenvalue weighted by Gasteiger charge is -2.18. The van der Waals surface area contributed by atoms with E-state index in [4.69, 9.17) is 14.2 Å². The summed E-state index contributed by atoms with van der Waals surface area (Å²) in [5, 5.41) is 0. The number of ether oxygens (including phenoxy) is 3. The zero-order valence-electron chi connectivity index (χ0n) is 51.9. The van der Waals surface area contributed by atoms with Gasteiger partial charge in [0.1, 0.15) is 13.2 Å². The van der Waals surface area contributed by atoms with E-state index in [2.05, 4.69) is 130 Å². The van der Waals surface area contributed by atoms with Gasteiger partial charge in [-0.1, -0.05) is 278 Å². The predicted molar refractivity (Wildman–Crippen MR) is 343 cm³/mol. The molecule has 0 aromatic carbocycles. The summed E-state index contributed by atoms with van der Waals surface area (Å²) in [6.07, 6.45) is 91.1. The third kappa shape index (κ3) is 64.8. The molecule has 0 aromatic rings. The highest BCUT2D eigenvalue weighted by molar-refractivity contribution is 5.71. The van der Waals surface area contributed by atoms with Gasteiger partial charge in [0.05, 0.1) is 0 Å². The van der Waals surface area contributed by atoms with Crippen LogP contribution in [0.4, 0.5) is 0 Å². The highest BCUT2D eigenvalue weighted by atomic mass is 16.6. The average Bonchev–Trinajstić information content (AvgIpc) is 3.45. The fourth-order valence-corrected chi connectivity index (χ4v) is 9.24. The van der Waals surface area contributed by atoms with Gasteiger partial charge in [-0.05, 0) is 128 Å². The lowest BCUT2D eigenvalue weighted by molar-refractivity contribution is -0.167. The Kier molecular flexibility index (Phi) is 63.3. The molecule has 1 atom stereocenters. The molecule has 0 aliphatic rings. The molecule has 0 N–H and O–H groups in total. The maximum atomic E-state index is 12.9. The molecule has 0 aliphatic heterocycles. The molecule has 0 rings (SSSR count). The van der Waals surface area contributed by atoms with E-state index < -0.39 is 6.10 Å². The molecule has 452 valence electrons. The summed E-state index contributed by atoms with van der Waals surface area (Å²) in [6, 6.07) is 0. The third-order valence-electron chi connectivity index (χ3n) is 14.2. The first-order chi connectivity index (χ1) is 39.0. The van der Waals surface area contributed by atoms with Crippen LogP contribution >= 0.6 is 0 Å². The van der Waals surface area contributed by atoms with Crippen LogP contribution in [0.1, 0.15) is 316 Å². The van der Waals surface area contributed by atoms with E-state index in [1.54, 1.807) is 0 Å². The van der Waals surface area contributed by atoms with Gasteiger partial charge in [-0.25, -0.2) is 0 Å². The Balaban J connectivity index is 4.20. The quantitative estimate of drug-likeness (QED) is 0.0261. The van der Waals surface area contributed by atoms with E-state index in [0.29, 0.717) is 19.3 Å². The Morgan fingerprint density at radius 1 is 0.266 bits per heavy atom. The van der Waals surface area contributed by atoms with Crippen molar-refractivity contribution in [3.63, 3.8) is 0 Å². The van der Waals surface area contributed by atoms with Crippen LogP contribution in [0.3, 0.4) is 0 Å². The van der Waals surface area contributed by atoms with Gasteiger partial charge in [-0.2, -0.15) is 0 Å². The molecule has 0 saturated carbocycles. The van der Waals surface area contributed by atoms with Gasteiger partial charge in [0.15, 0.2) is 6.10 Å². The van der Waals surface area contributed by atoms with Crippen LogP contribution in [0.25, 0.3) is 0 Å². The van der Waals surface area contributed by atoms with E-state index >= 15 is 0 Å². The predicted octanol–water partition coefficient (Wildman–Crippen LogP) is 23.0. The van der Waals surface area contributed by atoms with E-state index in [-0.39, 0.29) is 31.1 Å². The van der Waals surface area contributed by atoms with E-state index in [9.17, 15) is 14.4 Å². The summed E-state index contributed by atoms with van der Waals surface area (Å²) < 4.78 is 16.9. The zero-order chi connectivity index (χ0) is 57.1. The summed E-state index contributed by atoms with van der Waals surface area (Å²) >= 11 is 0. The molecule has 6 nitrogen and oxygen atoms in total. The highest BCUT2D eigenvalue weighted by Gasteiger charge is 2.19. The second-order valence-electron chi connectivity index (χ2n) is 22.0. The minimum absolute atomic E-state index is 0.0850. The molecule has 6 heteroatoms. The number of carbonyl (C=O) groups excluding carboxylic acids is 3. The molecule has 0 amide bonds. The minimum atomic E-state index is -0.789. The SMILES string of the molecule is CC/C=C\C/C=C\C/C=C\C/C=C\C/C=C\C/C=C\CCCCCCCCCCCCCCCCC(=O)OCC(COC(=O)CCCCCCC/C=C\CCCCCC)OC(=O)CCCCCCC/C=C\C/C=C\CCCCC. The summed E-state index contributed by atoms with van der Waals surface area (Å²) in [4.78, 5) is 38.3. The molecule has 0 aromatic heterocycles.